The number of amides is 1. The van der Waals surface area contributed by atoms with E-state index in [9.17, 15) is 9.59 Å². The Balaban J connectivity index is 1.28. The molecule has 4 heteroatoms. The number of piperidine rings is 1. The highest BCUT2D eigenvalue weighted by molar-refractivity contribution is 5.88. The third kappa shape index (κ3) is 5.16. The van der Waals surface area contributed by atoms with Crippen LogP contribution >= 0.6 is 0 Å². The number of nitrogens with zero attached hydrogens (tertiary/aromatic N) is 2. The van der Waals surface area contributed by atoms with E-state index >= 15 is 0 Å². The van der Waals surface area contributed by atoms with E-state index in [2.05, 4.69) is 46.2 Å². The highest BCUT2D eigenvalue weighted by atomic mass is 16.2. The van der Waals surface area contributed by atoms with Crippen LogP contribution in [-0.2, 0) is 21.4 Å². The van der Waals surface area contributed by atoms with Crippen molar-refractivity contribution < 1.29 is 9.59 Å². The summed E-state index contributed by atoms with van der Waals surface area (Å²) in [7, 11) is 0. The van der Waals surface area contributed by atoms with Gasteiger partial charge in [0.15, 0.2) is 0 Å². The molecule has 2 fully saturated rings. The zero-order chi connectivity index (χ0) is 25.0. The van der Waals surface area contributed by atoms with E-state index in [4.69, 9.17) is 0 Å². The predicted octanol–water partition coefficient (Wildman–Crippen LogP) is 6.10. The highest BCUT2D eigenvalue weighted by Gasteiger charge is 2.41. The monoisotopic (exact) mass is 486 g/mol. The van der Waals surface area contributed by atoms with Crippen molar-refractivity contribution in [3.63, 3.8) is 0 Å². The molecule has 5 rings (SSSR count). The van der Waals surface area contributed by atoms with E-state index in [0.29, 0.717) is 5.91 Å². The summed E-state index contributed by atoms with van der Waals surface area (Å²) in [6.45, 7) is 5.44. The average molecular weight is 487 g/mol. The minimum Gasteiger partial charge on any atom is -0.335 e. The average Bonchev–Trinajstić information content (AvgIpc) is 3.22. The molecule has 0 bridgehead atoms. The van der Waals surface area contributed by atoms with E-state index in [-0.39, 0.29) is 23.2 Å². The Morgan fingerprint density at radius 2 is 1.53 bits per heavy atom. The van der Waals surface area contributed by atoms with Crippen molar-refractivity contribution in [1.82, 2.24) is 9.80 Å². The Bertz CT molecular complexity index is 1030. The van der Waals surface area contributed by atoms with Crippen molar-refractivity contribution in [2.75, 3.05) is 26.2 Å². The molecule has 0 N–H and O–H groups in total. The summed E-state index contributed by atoms with van der Waals surface area (Å²) >= 11 is 0. The number of ketones is 1. The van der Waals surface area contributed by atoms with Gasteiger partial charge in [-0.15, -0.1) is 0 Å². The molecule has 1 amide bonds. The summed E-state index contributed by atoms with van der Waals surface area (Å²) in [5, 5.41) is 0. The van der Waals surface area contributed by atoms with E-state index in [1.165, 1.54) is 42.4 Å². The smallest absolute Gasteiger partial charge is 0.226 e. The number of benzene rings is 2. The molecule has 0 spiro atoms. The number of carbonyl (C=O) groups excluding carboxylic acids is 2. The molecule has 2 aromatic carbocycles. The first-order valence-corrected chi connectivity index (χ1v) is 14.3. The van der Waals surface area contributed by atoms with Crippen molar-refractivity contribution in [1.29, 1.82) is 0 Å². The number of fused-ring (bicyclic) bond motifs is 1. The quantitative estimate of drug-likeness (QED) is 0.464. The fraction of sp³-hybridized carbons (Fsp3) is 0.562. The van der Waals surface area contributed by atoms with Crippen molar-refractivity contribution >= 4 is 11.7 Å². The minimum atomic E-state index is -0.351. The van der Waals surface area contributed by atoms with Gasteiger partial charge in [0, 0.05) is 19.0 Å². The number of likely N-dealkylation sites (tertiary alicyclic amines) is 1. The van der Waals surface area contributed by atoms with Crippen LogP contribution in [-0.4, -0.2) is 47.7 Å². The second kappa shape index (κ2) is 11.3. The normalized spacial score (nSPS) is 23.0. The van der Waals surface area contributed by atoms with Gasteiger partial charge in [0.1, 0.15) is 5.78 Å². The largest absolute Gasteiger partial charge is 0.335 e. The summed E-state index contributed by atoms with van der Waals surface area (Å²) in [5.74, 6) is 0.891. The molecule has 0 radical (unpaired) electrons. The molecular formula is C32H42N2O2. The molecule has 3 aliphatic rings. The van der Waals surface area contributed by atoms with Gasteiger partial charge in [0.2, 0.25) is 5.91 Å². The molecule has 1 atom stereocenters. The van der Waals surface area contributed by atoms with Gasteiger partial charge in [-0.05, 0) is 75.2 Å². The molecule has 2 aliphatic heterocycles. The number of hydrogen-bond donors (Lipinski definition) is 0. The molecule has 192 valence electrons. The zero-order valence-electron chi connectivity index (χ0n) is 22.0. The van der Waals surface area contributed by atoms with E-state index in [0.717, 1.165) is 64.7 Å². The van der Waals surface area contributed by atoms with Gasteiger partial charge in [0.05, 0.1) is 11.5 Å². The standard InChI is InChI=1S/C32H42N2O2/c1-25(35)32(28-14-7-4-8-15-28)19-23-33(24-20-32)21-18-30-29-16-10-9-11-26(29)17-22-34(30)31(36)27-12-5-2-3-6-13-27/h4,7-11,14-16,27,30H,2-3,5-6,12-13,17-24H2,1H3. The van der Waals surface area contributed by atoms with Crippen LogP contribution in [0.3, 0.4) is 0 Å². The summed E-state index contributed by atoms with van der Waals surface area (Å²) < 4.78 is 0. The first-order chi connectivity index (χ1) is 17.6. The molecule has 36 heavy (non-hydrogen) atoms. The van der Waals surface area contributed by atoms with Gasteiger partial charge in [-0.3, -0.25) is 9.59 Å². The molecular weight excluding hydrogens is 444 g/mol. The highest BCUT2D eigenvalue weighted by Crippen LogP contribution is 2.38. The van der Waals surface area contributed by atoms with Crippen LogP contribution in [0.25, 0.3) is 0 Å². The molecule has 1 saturated heterocycles. The maximum atomic E-state index is 13.8. The topological polar surface area (TPSA) is 40.6 Å². The fourth-order valence-corrected chi connectivity index (χ4v) is 7.05. The summed E-state index contributed by atoms with van der Waals surface area (Å²) in [6, 6.07) is 19.3. The molecule has 1 saturated carbocycles. The number of hydrogen-bond acceptors (Lipinski definition) is 3. The van der Waals surface area contributed by atoms with Crippen LogP contribution in [0, 0.1) is 5.92 Å². The maximum absolute atomic E-state index is 13.8. The van der Waals surface area contributed by atoms with Gasteiger partial charge in [-0.1, -0.05) is 80.3 Å². The Morgan fingerprint density at radius 1 is 0.861 bits per heavy atom. The Hall–Kier alpha value is -2.46. The Kier molecular flexibility index (Phi) is 7.90. The van der Waals surface area contributed by atoms with Gasteiger partial charge < -0.3 is 9.80 Å². The van der Waals surface area contributed by atoms with Crippen LogP contribution in [0.2, 0.25) is 0 Å². The number of carbonyl (C=O) groups is 2. The SMILES string of the molecule is CC(=O)C1(c2ccccc2)CCN(CCC2c3ccccc3CCN2C(=O)C2CCCCCC2)CC1. The van der Waals surface area contributed by atoms with Crippen LogP contribution in [0.1, 0.15) is 87.4 Å². The maximum Gasteiger partial charge on any atom is 0.226 e. The van der Waals surface area contributed by atoms with E-state index in [1.54, 1.807) is 6.92 Å². The van der Waals surface area contributed by atoms with Crippen LogP contribution < -0.4 is 0 Å². The number of rotatable bonds is 6. The first-order valence-electron chi connectivity index (χ1n) is 14.3. The molecule has 1 unspecified atom stereocenters. The molecule has 1 aliphatic carbocycles. The van der Waals surface area contributed by atoms with Crippen LogP contribution in [0.4, 0.5) is 0 Å². The lowest BCUT2D eigenvalue weighted by Crippen LogP contribution is -2.48. The van der Waals surface area contributed by atoms with Crippen molar-refractivity contribution in [3.05, 3.63) is 71.3 Å². The molecule has 0 aromatic heterocycles. The lowest BCUT2D eigenvalue weighted by Gasteiger charge is -2.43. The van der Waals surface area contributed by atoms with Gasteiger partial charge in [0.25, 0.3) is 0 Å². The third-order valence-corrected chi connectivity index (χ3v) is 9.33. The number of Topliss-reactive ketones (excluding diaryl/α,β-unsaturated/α-hetero) is 1. The van der Waals surface area contributed by atoms with E-state index < -0.39 is 0 Å². The van der Waals surface area contributed by atoms with E-state index in [1.807, 2.05) is 18.2 Å². The molecule has 4 nitrogen and oxygen atoms in total. The van der Waals surface area contributed by atoms with Crippen molar-refractivity contribution in [2.24, 2.45) is 5.92 Å². The first kappa shape index (κ1) is 25.2. The predicted molar refractivity (Wildman–Crippen MR) is 145 cm³/mol. The minimum absolute atomic E-state index is 0.166. The second-order valence-corrected chi connectivity index (χ2v) is 11.3. The Morgan fingerprint density at radius 3 is 2.22 bits per heavy atom. The van der Waals surface area contributed by atoms with Crippen molar-refractivity contribution in [3.8, 4) is 0 Å². The van der Waals surface area contributed by atoms with Gasteiger partial charge in [-0.2, -0.15) is 0 Å². The van der Waals surface area contributed by atoms with Crippen LogP contribution in [0.5, 0.6) is 0 Å². The Labute approximate surface area is 217 Å². The second-order valence-electron chi connectivity index (χ2n) is 11.3. The molecule has 2 aromatic rings. The summed E-state index contributed by atoms with van der Waals surface area (Å²) in [5.41, 5.74) is 3.57. The third-order valence-electron chi connectivity index (χ3n) is 9.33. The van der Waals surface area contributed by atoms with Crippen molar-refractivity contribution in [2.45, 2.75) is 82.6 Å². The van der Waals surface area contributed by atoms with Gasteiger partial charge >= 0.3 is 0 Å². The lowest BCUT2D eigenvalue weighted by molar-refractivity contribution is -0.139. The van der Waals surface area contributed by atoms with Crippen LogP contribution in [0.15, 0.2) is 54.6 Å². The summed E-state index contributed by atoms with van der Waals surface area (Å²) in [6.07, 6.45) is 10.7. The molecule has 2 heterocycles. The fourth-order valence-electron chi connectivity index (χ4n) is 7.05. The summed E-state index contributed by atoms with van der Waals surface area (Å²) in [4.78, 5) is 31.3. The lowest BCUT2D eigenvalue weighted by atomic mass is 9.70. The zero-order valence-corrected chi connectivity index (χ0v) is 22.0. The van der Waals surface area contributed by atoms with Gasteiger partial charge in [-0.25, -0.2) is 0 Å².